The molecule has 16 heteroatoms. The van der Waals surface area contributed by atoms with E-state index in [1.54, 1.807) is 17.7 Å². The van der Waals surface area contributed by atoms with Crippen molar-refractivity contribution in [2.75, 3.05) is 45.9 Å². The topological polar surface area (TPSA) is 185 Å². The number of H-pyrrole nitrogens is 1. The van der Waals surface area contributed by atoms with Gasteiger partial charge in [-0.25, -0.2) is 13.4 Å². The van der Waals surface area contributed by atoms with E-state index < -0.39 is 20.7 Å². The van der Waals surface area contributed by atoms with Gasteiger partial charge in [0.2, 0.25) is 10.0 Å². The van der Waals surface area contributed by atoms with Crippen LogP contribution in [0.25, 0.3) is 22.4 Å². The Balaban J connectivity index is 1.69. The second-order valence-electron chi connectivity index (χ2n) is 10.2. The van der Waals surface area contributed by atoms with Crippen LogP contribution in [0, 0.1) is 10.1 Å². The molecule has 0 amide bonds. The first-order valence-electron chi connectivity index (χ1n) is 14.2. The highest BCUT2D eigenvalue weighted by atomic mass is 32.2. The van der Waals surface area contributed by atoms with Crippen LogP contribution in [0.1, 0.15) is 44.4 Å². The van der Waals surface area contributed by atoms with Crippen LogP contribution >= 0.6 is 0 Å². The Morgan fingerprint density at radius 3 is 2.58 bits per heavy atom. The number of fused-ring (bicyclic) bond motifs is 1. The van der Waals surface area contributed by atoms with E-state index in [2.05, 4.69) is 15.0 Å². The van der Waals surface area contributed by atoms with E-state index in [4.69, 9.17) is 9.72 Å². The maximum atomic E-state index is 13.7. The van der Waals surface area contributed by atoms with Gasteiger partial charge in [0.25, 0.3) is 10.6 Å². The second-order valence-corrected chi connectivity index (χ2v) is 12.1. The summed E-state index contributed by atoms with van der Waals surface area (Å²) < 4.78 is 36.4. The van der Waals surface area contributed by atoms with Crippen LogP contribution in [0.5, 0.6) is 5.75 Å². The Bertz CT molecular complexity index is 1640. The zero-order chi connectivity index (χ0) is 31.1. The Labute approximate surface area is 248 Å². The zero-order valence-electron chi connectivity index (χ0n) is 24.5. The van der Waals surface area contributed by atoms with Gasteiger partial charge in [-0.15, -0.1) is 10.1 Å². The maximum Gasteiger partial charge on any atom is 0.294 e. The van der Waals surface area contributed by atoms with Crippen LogP contribution in [0.4, 0.5) is 0 Å². The fraction of sp³-hybridized carbons (Fsp3) is 0.519. The number of rotatable bonds is 14. The third-order valence-electron chi connectivity index (χ3n) is 7.32. The van der Waals surface area contributed by atoms with Crippen LogP contribution in [-0.2, 0) is 28.3 Å². The van der Waals surface area contributed by atoms with Crippen molar-refractivity contribution in [3.63, 3.8) is 0 Å². The number of aromatic amines is 1. The van der Waals surface area contributed by atoms with Gasteiger partial charge in [0.1, 0.15) is 22.6 Å². The average Bonchev–Trinajstić information content (AvgIpc) is 3.25. The zero-order valence-corrected chi connectivity index (χ0v) is 25.3. The molecule has 0 unspecified atom stereocenters. The summed E-state index contributed by atoms with van der Waals surface area (Å²) in [5, 5.41) is 21.9. The lowest BCUT2D eigenvalue weighted by Gasteiger charge is -2.34. The number of benzene rings is 1. The predicted molar refractivity (Wildman–Crippen MR) is 159 cm³/mol. The molecule has 0 atom stereocenters. The summed E-state index contributed by atoms with van der Waals surface area (Å²) >= 11 is 0. The second kappa shape index (κ2) is 14.0. The molecule has 1 aliphatic heterocycles. The summed E-state index contributed by atoms with van der Waals surface area (Å²) in [7, 11) is -2.21. The van der Waals surface area contributed by atoms with Gasteiger partial charge in [0, 0.05) is 45.3 Å². The van der Waals surface area contributed by atoms with Gasteiger partial charge in [-0.1, -0.05) is 25.4 Å². The molecule has 4 rings (SSSR count). The van der Waals surface area contributed by atoms with E-state index in [1.807, 2.05) is 18.7 Å². The third-order valence-corrected chi connectivity index (χ3v) is 9.21. The van der Waals surface area contributed by atoms with Crippen LogP contribution in [0.3, 0.4) is 0 Å². The first-order chi connectivity index (χ1) is 20.6. The lowest BCUT2D eigenvalue weighted by Crippen LogP contribution is -2.48. The molecule has 1 aromatic carbocycles. The summed E-state index contributed by atoms with van der Waals surface area (Å²) in [5.41, 5.74) is 1.95. The minimum atomic E-state index is -3.90. The molecular weight excluding hydrogens is 582 g/mol. The number of hydrogen-bond donors (Lipinski definition) is 2. The number of ether oxygens (including phenoxy) is 1. The van der Waals surface area contributed by atoms with Crippen molar-refractivity contribution >= 4 is 27.3 Å². The highest BCUT2D eigenvalue weighted by Crippen LogP contribution is 2.33. The number of nitrogens with zero attached hydrogens (tertiary/aromatic N) is 6. The molecule has 3 aromatic rings. The molecular formula is C27H37N7O8S. The monoisotopic (exact) mass is 619 g/mol. The number of aromatic nitrogens is 3. The number of hydrogen-bond acceptors (Lipinski definition) is 11. The minimum absolute atomic E-state index is 0.0120. The van der Waals surface area contributed by atoms with Crippen LogP contribution < -0.4 is 10.3 Å². The number of aryl methyl sites for hydroxylation is 2. The number of nitrogens with one attached hydrogen (secondary N) is 1. The molecule has 0 saturated carbocycles. The summed E-state index contributed by atoms with van der Waals surface area (Å²) in [6.45, 7) is 6.31. The highest BCUT2D eigenvalue weighted by Gasteiger charge is 2.30. The van der Waals surface area contributed by atoms with Gasteiger partial charge < -0.3 is 29.2 Å². The molecule has 0 radical (unpaired) electrons. The van der Waals surface area contributed by atoms with Crippen molar-refractivity contribution in [1.29, 1.82) is 0 Å². The predicted octanol–water partition coefficient (Wildman–Crippen LogP) is 2.38. The average molecular weight is 620 g/mol. The van der Waals surface area contributed by atoms with Crippen molar-refractivity contribution < 1.29 is 28.3 Å². The van der Waals surface area contributed by atoms with E-state index in [-0.39, 0.29) is 30.4 Å². The molecule has 1 saturated heterocycles. The smallest absolute Gasteiger partial charge is 0.294 e. The molecule has 234 valence electrons. The van der Waals surface area contributed by atoms with Crippen molar-refractivity contribution in [2.45, 2.75) is 44.4 Å². The van der Waals surface area contributed by atoms with Gasteiger partial charge in [0.05, 0.1) is 35.6 Å². The van der Waals surface area contributed by atoms with Gasteiger partial charge >= 0.3 is 0 Å². The molecule has 0 aliphatic carbocycles. The third kappa shape index (κ3) is 6.97. The van der Waals surface area contributed by atoms with E-state index in [1.165, 1.54) is 22.7 Å². The normalized spacial score (nSPS) is 15.0. The molecule has 1 aliphatic rings. The van der Waals surface area contributed by atoms with E-state index in [0.717, 1.165) is 12.0 Å². The molecule has 43 heavy (non-hydrogen) atoms. The van der Waals surface area contributed by atoms with Crippen LogP contribution in [0.15, 0.2) is 33.0 Å². The van der Waals surface area contributed by atoms with Gasteiger partial charge in [-0.2, -0.15) is 4.31 Å². The Hall–Kier alpha value is -4.02. The Morgan fingerprint density at radius 2 is 1.93 bits per heavy atom. The summed E-state index contributed by atoms with van der Waals surface area (Å²) in [6.07, 6.45) is 3.79. The fourth-order valence-corrected chi connectivity index (χ4v) is 6.69. The van der Waals surface area contributed by atoms with E-state index in [9.17, 15) is 28.5 Å². The Kier molecular flexibility index (Phi) is 10.4. The minimum Gasteiger partial charge on any atom is -0.493 e. The lowest BCUT2D eigenvalue weighted by atomic mass is 10.1. The maximum absolute atomic E-state index is 13.7. The van der Waals surface area contributed by atoms with Gasteiger partial charge in [-0.3, -0.25) is 4.79 Å². The van der Waals surface area contributed by atoms with Crippen molar-refractivity contribution in [2.24, 2.45) is 12.2 Å². The molecule has 15 nitrogen and oxygen atoms in total. The quantitative estimate of drug-likeness (QED) is 0.0892. The molecule has 2 N–H and O–H groups in total. The summed E-state index contributed by atoms with van der Waals surface area (Å²) in [5.74, 6) is 0.549. The van der Waals surface area contributed by atoms with Gasteiger partial charge in [-0.05, 0) is 37.5 Å². The van der Waals surface area contributed by atoms with Crippen molar-refractivity contribution in [1.82, 2.24) is 23.7 Å². The largest absolute Gasteiger partial charge is 0.493 e. The van der Waals surface area contributed by atoms with Crippen LogP contribution in [-0.4, -0.2) is 94.6 Å². The molecule has 0 bridgehead atoms. The van der Waals surface area contributed by atoms with Gasteiger partial charge in [0.15, 0.2) is 0 Å². The van der Waals surface area contributed by atoms with E-state index in [0.29, 0.717) is 73.5 Å². The lowest BCUT2D eigenvalue weighted by molar-refractivity contribution is -0.757. The molecule has 2 aromatic heterocycles. The number of oxime groups is 1. The highest BCUT2D eigenvalue weighted by molar-refractivity contribution is 7.89. The SMILES string of the molecule is CCCOc1ccc(S(=O)(=O)N2CCN(CCCO[N+](=O)[O-])CC2)cc1-c1nc2c(CCC)c(C=NO)n(C)c2c(=O)[nH]1. The summed E-state index contributed by atoms with van der Waals surface area (Å²) in [4.78, 5) is 37.7. The molecule has 3 heterocycles. The Morgan fingerprint density at radius 1 is 1.19 bits per heavy atom. The first-order valence-corrected chi connectivity index (χ1v) is 15.6. The summed E-state index contributed by atoms with van der Waals surface area (Å²) in [6, 6.07) is 4.54. The first kappa shape index (κ1) is 31.9. The van der Waals surface area contributed by atoms with Crippen LogP contribution in [0.2, 0.25) is 0 Å². The van der Waals surface area contributed by atoms with E-state index >= 15 is 0 Å². The number of sulfonamides is 1. The number of piperazine rings is 1. The molecule has 0 spiro atoms. The van der Waals surface area contributed by atoms with Crippen molar-refractivity contribution in [3.8, 4) is 17.1 Å². The van der Waals surface area contributed by atoms with Crippen molar-refractivity contribution in [3.05, 3.63) is 49.9 Å². The standard InChI is InChI=1S/C27H37N7O8S/c1-4-7-20-22(18-28-36)31(3)25-24(20)29-26(30-27(25)35)21-17-19(8-9-23(21)41-15-5-2)43(39,40)33-13-11-32(12-14-33)10-6-16-42-34(37)38/h8-9,17-18,36H,4-7,10-16H2,1-3H3,(H,29,30,35). The fourth-order valence-electron chi connectivity index (χ4n) is 5.24. The molecule has 1 fully saturated rings.